The normalized spacial score (nSPS) is 24.2. The first kappa shape index (κ1) is 19.1. The minimum Gasteiger partial charge on any atom is -0.394 e. The molecule has 4 N–H and O–H groups in total. The summed E-state index contributed by atoms with van der Waals surface area (Å²) in [7, 11) is 0. The molecule has 0 atom stereocenters. The Morgan fingerprint density at radius 2 is 1.93 bits per heavy atom. The zero-order valence-electron chi connectivity index (χ0n) is 16.0. The molecule has 7 nitrogen and oxygen atoms in total. The van der Waals surface area contributed by atoms with Crippen LogP contribution in [0.1, 0.15) is 61.7 Å². The zero-order valence-corrected chi connectivity index (χ0v) is 16.0. The van der Waals surface area contributed by atoms with Gasteiger partial charge in [-0.1, -0.05) is 18.9 Å². The van der Waals surface area contributed by atoms with Crippen molar-refractivity contribution in [2.45, 2.75) is 69.1 Å². The zero-order chi connectivity index (χ0) is 19.6. The molecule has 2 fully saturated rings. The third kappa shape index (κ3) is 4.10. The summed E-state index contributed by atoms with van der Waals surface area (Å²) < 4.78 is 0. The van der Waals surface area contributed by atoms with Crippen molar-refractivity contribution in [3.63, 3.8) is 0 Å². The lowest BCUT2D eigenvalue weighted by Crippen LogP contribution is -2.49. The Labute approximate surface area is 164 Å². The van der Waals surface area contributed by atoms with Crippen LogP contribution in [0, 0.1) is 0 Å². The van der Waals surface area contributed by atoms with Crippen LogP contribution in [0.5, 0.6) is 0 Å². The molecule has 0 unspecified atom stereocenters. The second-order valence-corrected chi connectivity index (χ2v) is 8.22. The molecule has 0 spiro atoms. The fraction of sp³-hybridized carbons (Fsp3) is 0.571. The number of anilines is 1. The minimum absolute atomic E-state index is 0.0291. The first-order valence-electron chi connectivity index (χ1n) is 10.2. The van der Waals surface area contributed by atoms with Crippen molar-refractivity contribution in [1.82, 2.24) is 15.3 Å². The third-order valence-corrected chi connectivity index (χ3v) is 6.12. The van der Waals surface area contributed by atoms with E-state index in [0.717, 1.165) is 56.8 Å². The molecular formula is C21H28N4O3. The van der Waals surface area contributed by atoms with Gasteiger partial charge in [0.15, 0.2) is 0 Å². The van der Waals surface area contributed by atoms with Gasteiger partial charge in [-0.25, -0.2) is 9.97 Å². The smallest absolute Gasteiger partial charge is 0.251 e. The van der Waals surface area contributed by atoms with E-state index >= 15 is 0 Å². The quantitative estimate of drug-likeness (QED) is 0.630. The average Bonchev–Trinajstić information content (AvgIpc) is 3.18. The minimum atomic E-state index is -0.490. The Kier molecular flexibility index (Phi) is 5.46. The van der Waals surface area contributed by atoms with Crippen LogP contribution < -0.4 is 10.6 Å². The van der Waals surface area contributed by atoms with Gasteiger partial charge in [0.1, 0.15) is 0 Å². The van der Waals surface area contributed by atoms with Crippen molar-refractivity contribution in [2.24, 2.45) is 0 Å². The number of amides is 1. The summed E-state index contributed by atoms with van der Waals surface area (Å²) in [4.78, 5) is 21.7. The van der Waals surface area contributed by atoms with Gasteiger partial charge in [0.2, 0.25) is 5.95 Å². The van der Waals surface area contributed by atoms with E-state index in [4.69, 9.17) is 0 Å². The van der Waals surface area contributed by atoms with Gasteiger partial charge in [0, 0.05) is 23.2 Å². The summed E-state index contributed by atoms with van der Waals surface area (Å²) >= 11 is 0. The van der Waals surface area contributed by atoms with Gasteiger partial charge in [-0.2, -0.15) is 0 Å². The highest BCUT2D eigenvalue weighted by Crippen LogP contribution is 2.29. The highest BCUT2D eigenvalue weighted by Gasteiger charge is 2.34. The number of nitrogens with zero attached hydrogens (tertiary/aromatic N) is 2. The number of aromatic nitrogens is 2. The molecule has 0 radical (unpaired) electrons. The molecule has 0 saturated heterocycles. The number of carbonyl (C=O) groups is 1. The number of nitrogens with one attached hydrogen (secondary N) is 2. The van der Waals surface area contributed by atoms with Crippen LogP contribution in [-0.4, -0.2) is 50.4 Å². The molecule has 4 rings (SSSR count). The van der Waals surface area contributed by atoms with Crippen molar-refractivity contribution in [3.8, 4) is 0 Å². The predicted molar refractivity (Wildman–Crippen MR) is 107 cm³/mol. The van der Waals surface area contributed by atoms with E-state index in [1.54, 1.807) is 18.3 Å². The highest BCUT2D eigenvalue weighted by atomic mass is 16.3. The standard InChI is InChI=1S/C21H28N4O3/c26-13-21(9-1-2-10-21)25-19(28)14-3-4-15-12-22-20(24-18(15)11-14)23-16-5-7-17(27)8-6-16/h3-4,11-12,16-17,26-27H,1-2,5-10,13H2,(H,25,28)(H,22,23,24). The molecule has 2 saturated carbocycles. The molecule has 1 aromatic carbocycles. The fourth-order valence-corrected chi connectivity index (χ4v) is 4.32. The summed E-state index contributed by atoms with van der Waals surface area (Å²) in [5.41, 5.74) is 0.763. The maximum Gasteiger partial charge on any atom is 0.251 e. The molecule has 7 heteroatoms. The summed E-state index contributed by atoms with van der Waals surface area (Å²) in [6.45, 7) is -0.0291. The maximum atomic E-state index is 12.7. The largest absolute Gasteiger partial charge is 0.394 e. The van der Waals surface area contributed by atoms with Gasteiger partial charge < -0.3 is 20.8 Å². The lowest BCUT2D eigenvalue weighted by molar-refractivity contribution is 0.0838. The van der Waals surface area contributed by atoms with Crippen molar-refractivity contribution in [2.75, 3.05) is 11.9 Å². The van der Waals surface area contributed by atoms with Crippen LogP contribution in [-0.2, 0) is 0 Å². The molecule has 1 heterocycles. The van der Waals surface area contributed by atoms with Crippen molar-refractivity contribution in [1.29, 1.82) is 0 Å². The van der Waals surface area contributed by atoms with E-state index in [-0.39, 0.29) is 24.7 Å². The second-order valence-electron chi connectivity index (χ2n) is 8.22. The van der Waals surface area contributed by atoms with Crippen LogP contribution >= 0.6 is 0 Å². The Bertz CT molecular complexity index is 843. The van der Waals surface area contributed by atoms with Crippen LogP contribution in [0.25, 0.3) is 10.9 Å². The molecule has 1 amide bonds. The van der Waals surface area contributed by atoms with E-state index in [0.29, 0.717) is 17.0 Å². The van der Waals surface area contributed by atoms with Gasteiger partial charge in [0.25, 0.3) is 5.91 Å². The van der Waals surface area contributed by atoms with Gasteiger partial charge in [-0.05, 0) is 50.7 Å². The van der Waals surface area contributed by atoms with Crippen LogP contribution in [0.4, 0.5) is 5.95 Å². The van der Waals surface area contributed by atoms with E-state index < -0.39 is 5.54 Å². The number of fused-ring (bicyclic) bond motifs is 1. The fourth-order valence-electron chi connectivity index (χ4n) is 4.32. The Morgan fingerprint density at radius 3 is 2.64 bits per heavy atom. The average molecular weight is 384 g/mol. The number of carbonyl (C=O) groups excluding carboxylic acids is 1. The molecule has 1 aromatic heterocycles. The van der Waals surface area contributed by atoms with Gasteiger partial charge in [-0.3, -0.25) is 4.79 Å². The summed E-state index contributed by atoms with van der Waals surface area (Å²) in [6.07, 6.45) is 8.63. The third-order valence-electron chi connectivity index (χ3n) is 6.12. The van der Waals surface area contributed by atoms with Crippen LogP contribution in [0.3, 0.4) is 0 Å². The Morgan fingerprint density at radius 1 is 1.18 bits per heavy atom. The number of aliphatic hydroxyl groups excluding tert-OH is 2. The van der Waals surface area contributed by atoms with Gasteiger partial charge in [-0.15, -0.1) is 0 Å². The molecule has 0 bridgehead atoms. The van der Waals surface area contributed by atoms with Gasteiger partial charge >= 0.3 is 0 Å². The Balaban J connectivity index is 1.50. The van der Waals surface area contributed by atoms with Crippen molar-refractivity contribution in [3.05, 3.63) is 30.0 Å². The first-order valence-corrected chi connectivity index (χ1v) is 10.2. The maximum absolute atomic E-state index is 12.7. The van der Waals surface area contributed by atoms with Gasteiger partial charge in [0.05, 0.1) is 23.8 Å². The number of hydrogen-bond donors (Lipinski definition) is 4. The molecule has 2 aliphatic rings. The second kappa shape index (κ2) is 8.01. The predicted octanol–water partition coefficient (Wildman–Crippen LogP) is 2.38. The number of rotatable bonds is 5. The molecule has 2 aromatic rings. The summed E-state index contributed by atoms with van der Waals surface area (Å²) in [6, 6.07) is 5.67. The molecular weight excluding hydrogens is 356 g/mol. The lowest BCUT2D eigenvalue weighted by Gasteiger charge is -2.28. The molecule has 150 valence electrons. The van der Waals surface area contributed by atoms with E-state index in [1.165, 1.54) is 0 Å². The Hall–Kier alpha value is -2.25. The first-order chi connectivity index (χ1) is 13.6. The summed E-state index contributed by atoms with van der Waals surface area (Å²) in [5, 5.41) is 26.6. The topological polar surface area (TPSA) is 107 Å². The SMILES string of the molecule is O=C(NC1(CO)CCCC1)c1ccc2cnc(NC3CCC(O)CC3)nc2c1. The summed E-state index contributed by atoms with van der Waals surface area (Å²) in [5.74, 6) is 0.376. The van der Waals surface area contributed by atoms with E-state index in [1.807, 2.05) is 6.07 Å². The monoisotopic (exact) mass is 384 g/mol. The van der Waals surface area contributed by atoms with Crippen LogP contribution in [0.2, 0.25) is 0 Å². The van der Waals surface area contributed by atoms with E-state index in [2.05, 4.69) is 20.6 Å². The number of hydrogen-bond acceptors (Lipinski definition) is 6. The molecule has 28 heavy (non-hydrogen) atoms. The molecule has 0 aliphatic heterocycles. The number of aliphatic hydroxyl groups is 2. The molecule has 2 aliphatic carbocycles. The lowest BCUT2D eigenvalue weighted by atomic mass is 9.93. The van der Waals surface area contributed by atoms with Crippen molar-refractivity contribution < 1.29 is 15.0 Å². The van der Waals surface area contributed by atoms with Crippen molar-refractivity contribution >= 4 is 22.8 Å². The van der Waals surface area contributed by atoms with Crippen LogP contribution in [0.15, 0.2) is 24.4 Å². The highest BCUT2D eigenvalue weighted by molar-refractivity contribution is 5.98. The van der Waals surface area contributed by atoms with E-state index in [9.17, 15) is 15.0 Å². The number of benzene rings is 1.